The molecule has 40 heavy (non-hydrogen) atoms. The van der Waals surface area contributed by atoms with Crippen molar-refractivity contribution in [3.63, 3.8) is 0 Å². The fourth-order valence-corrected chi connectivity index (χ4v) is 2.05. The minimum atomic E-state index is 0.213. The molecular weight excluding hydrogens is 516 g/mol. The molecule has 1 unspecified atom stereocenters. The molecule has 0 aliphatic carbocycles. The number of ketones is 1. The normalized spacial score (nSPS) is 13.6. The third-order valence-corrected chi connectivity index (χ3v) is 4.54. The molecule has 9 nitrogen and oxygen atoms in total. The number of carbonyl (C=O) groups is 1. The Kier molecular flexibility index (Phi) is 42.1. The van der Waals surface area contributed by atoms with Gasteiger partial charge in [0.1, 0.15) is 5.78 Å². The highest BCUT2D eigenvalue weighted by atomic mass is 16.6. The summed E-state index contributed by atoms with van der Waals surface area (Å²) >= 11 is 0. The molecule has 1 fully saturated rings. The molecular formula is C31H68O9. The van der Waals surface area contributed by atoms with Crippen LogP contribution in [0.4, 0.5) is 0 Å². The Morgan fingerprint density at radius 2 is 0.925 bits per heavy atom. The molecule has 0 radical (unpaired) electrons. The van der Waals surface area contributed by atoms with Crippen LogP contribution in [0.3, 0.4) is 0 Å². The van der Waals surface area contributed by atoms with Crippen LogP contribution in [-0.4, -0.2) is 111 Å². The minimum absolute atomic E-state index is 0.213. The van der Waals surface area contributed by atoms with E-state index in [4.69, 9.17) is 37.9 Å². The first kappa shape index (κ1) is 46.3. The van der Waals surface area contributed by atoms with E-state index in [0.29, 0.717) is 77.3 Å². The van der Waals surface area contributed by atoms with Gasteiger partial charge in [0.25, 0.3) is 0 Å². The monoisotopic (exact) mass is 584 g/mol. The number of rotatable bonds is 18. The highest BCUT2D eigenvalue weighted by molar-refractivity contribution is 5.77. The average Bonchev–Trinajstić information content (AvgIpc) is 3.66. The smallest absolute Gasteiger partial charge is 0.132 e. The third-order valence-electron chi connectivity index (χ3n) is 4.54. The molecule has 1 aliphatic heterocycles. The van der Waals surface area contributed by atoms with Crippen LogP contribution in [0.1, 0.15) is 82.6 Å². The summed E-state index contributed by atoms with van der Waals surface area (Å²) in [6.07, 6.45) is 2.82. The van der Waals surface area contributed by atoms with E-state index in [2.05, 4.69) is 13.8 Å². The van der Waals surface area contributed by atoms with Gasteiger partial charge >= 0.3 is 0 Å². The van der Waals surface area contributed by atoms with E-state index in [1.165, 1.54) is 6.42 Å². The van der Waals surface area contributed by atoms with E-state index in [0.717, 1.165) is 12.5 Å². The zero-order valence-corrected chi connectivity index (χ0v) is 28.7. The number of epoxide rings is 1. The number of hydrogen-bond donors (Lipinski definition) is 0. The van der Waals surface area contributed by atoms with Crippen molar-refractivity contribution in [2.45, 2.75) is 107 Å². The van der Waals surface area contributed by atoms with Gasteiger partial charge in [-0.05, 0) is 60.8 Å². The van der Waals surface area contributed by atoms with Crippen LogP contribution in [0.5, 0.6) is 0 Å². The van der Waals surface area contributed by atoms with E-state index in [1.807, 2.05) is 55.4 Å². The van der Waals surface area contributed by atoms with E-state index in [-0.39, 0.29) is 11.7 Å². The molecule has 0 aromatic rings. The lowest BCUT2D eigenvalue weighted by Crippen LogP contribution is -2.11. The summed E-state index contributed by atoms with van der Waals surface area (Å²) in [4.78, 5) is 10.1. The van der Waals surface area contributed by atoms with Crippen molar-refractivity contribution in [2.75, 3.05) is 80.8 Å². The zero-order chi connectivity index (χ0) is 31.8. The number of methoxy groups -OCH3 is 3. The highest BCUT2D eigenvalue weighted by Gasteiger charge is 2.22. The van der Waals surface area contributed by atoms with Gasteiger partial charge in [0.15, 0.2) is 0 Å². The van der Waals surface area contributed by atoms with Crippen molar-refractivity contribution >= 4 is 5.78 Å². The molecule has 1 aliphatic rings. The van der Waals surface area contributed by atoms with Crippen molar-refractivity contribution in [1.29, 1.82) is 0 Å². The molecule has 1 atom stereocenters. The van der Waals surface area contributed by atoms with Gasteiger partial charge in [-0.15, -0.1) is 0 Å². The van der Waals surface area contributed by atoms with Gasteiger partial charge in [0.2, 0.25) is 0 Å². The van der Waals surface area contributed by atoms with Gasteiger partial charge in [-0.1, -0.05) is 27.7 Å². The first-order valence-electron chi connectivity index (χ1n) is 14.8. The Bertz CT molecular complexity index is 452. The molecule has 0 saturated carbocycles. The predicted molar refractivity (Wildman–Crippen MR) is 164 cm³/mol. The van der Waals surface area contributed by atoms with Gasteiger partial charge in [0.05, 0.1) is 83.9 Å². The summed E-state index contributed by atoms with van der Waals surface area (Å²) in [7, 11) is 5.00. The van der Waals surface area contributed by atoms with Crippen LogP contribution in [0.15, 0.2) is 0 Å². The Morgan fingerprint density at radius 1 is 0.625 bits per heavy atom. The number of Topliss-reactive ketones (excluding diaryl/α,β-unsaturated/α-hetero) is 1. The van der Waals surface area contributed by atoms with Crippen molar-refractivity contribution in [3.05, 3.63) is 0 Å². The van der Waals surface area contributed by atoms with Crippen molar-refractivity contribution in [1.82, 2.24) is 0 Å². The van der Waals surface area contributed by atoms with Gasteiger partial charge in [-0.2, -0.15) is 0 Å². The van der Waals surface area contributed by atoms with Gasteiger partial charge < -0.3 is 37.9 Å². The lowest BCUT2D eigenvalue weighted by atomic mass is 10.1. The second kappa shape index (κ2) is 36.4. The maximum Gasteiger partial charge on any atom is 0.132 e. The SMILES string of the molecule is CC(=O)C(C)C.CC(C)CC1CO1.COCCOC(C)C.COCCOC(C)C.COCCOCCOC(C)C. The lowest BCUT2D eigenvalue weighted by Gasteiger charge is -2.07. The summed E-state index contributed by atoms with van der Waals surface area (Å²) < 4.78 is 40.1. The average molecular weight is 585 g/mol. The Labute approximate surface area is 248 Å². The third kappa shape index (κ3) is 61.4. The fourth-order valence-electron chi connectivity index (χ4n) is 2.05. The molecule has 0 amide bonds. The summed E-state index contributed by atoms with van der Waals surface area (Å²) in [5.41, 5.74) is 0. The van der Waals surface area contributed by atoms with Crippen LogP contribution in [0.25, 0.3) is 0 Å². The zero-order valence-electron chi connectivity index (χ0n) is 28.7. The maximum atomic E-state index is 10.1. The van der Waals surface area contributed by atoms with Gasteiger partial charge in [0, 0.05) is 27.2 Å². The first-order valence-corrected chi connectivity index (χ1v) is 14.8. The Balaban J connectivity index is -0.000000205. The summed E-state index contributed by atoms with van der Waals surface area (Å²) in [5, 5.41) is 0. The molecule has 1 saturated heterocycles. The largest absolute Gasteiger partial charge is 0.382 e. The Hall–Kier alpha value is -0.650. The van der Waals surface area contributed by atoms with Crippen LogP contribution >= 0.6 is 0 Å². The van der Waals surface area contributed by atoms with E-state index in [9.17, 15) is 4.79 Å². The maximum absolute atomic E-state index is 10.1. The van der Waals surface area contributed by atoms with Crippen LogP contribution in [0.2, 0.25) is 0 Å². The number of ether oxygens (including phenoxy) is 8. The van der Waals surface area contributed by atoms with E-state index < -0.39 is 0 Å². The standard InChI is InChI=1S/C8H18O3.2C6H14O2.C6H12O.C5H10O/c1-8(2)11-7-6-10-5-4-9-3;2*1-6(2)8-5-4-7-3;1-5(2)3-6-4-7-6;1-4(2)5(3)6/h8H,4-7H2,1-3H3;2*6H,4-5H2,1-3H3;5-6H,3-4H2,1-2H3;4H,1-3H3. The molecule has 0 N–H and O–H groups in total. The topological polar surface area (TPSA) is 94.2 Å². The summed E-state index contributed by atoms with van der Waals surface area (Å²) in [6.45, 7) is 28.3. The van der Waals surface area contributed by atoms with Gasteiger partial charge in [-0.3, -0.25) is 4.79 Å². The Morgan fingerprint density at radius 3 is 1.15 bits per heavy atom. The van der Waals surface area contributed by atoms with Crippen molar-refractivity contribution in [2.24, 2.45) is 11.8 Å². The van der Waals surface area contributed by atoms with Crippen molar-refractivity contribution in [3.8, 4) is 0 Å². The molecule has 1 heterocycles. The first-order chi connectivity index (χ1) is 18.7. The summed E-state index contributed by atoms with van der Waals surface area (Å²) in [5.74, 6) is 1.28. The van der Waals surface area contributed by atoms with Gasteiger partial charge in [-0.25, -0.2) is 0 Å². The molecule has 0 aromatic carbocycles. The predicted octanol–water partition coefficient (Wildman–Crippen LogP) is 5.85. The molecule has 0 aromatic heterocycles. The lowest BCUT2D eigenvalue weighted by molar-refractivity contribution is -0.119. The van der Waals surface area contributed by atoms with E-state index >= 15 is 0 Å². The van der Waals surface area contributed by atoms with Crippen molar-refractivity contribution < 1.29 is 42.7 Å². The molecule has 0 spiro atoms. The minimum Gasteiger partial charge on any atom is -0.382 e. The van der Waals surface area contributed by atoms with Crippen LogP contribution in [-0.2, 0) is 42.7 Å². The fraction of sp³-hybridized carbons (Fsp3) is 0.968. The molecule has 246 valence electrons. The second-order valence-electron chi connectivity index (χ2n) is 10.7. The molecule has 1 rings (SSSR count). The number of hydrogen-bond acceptors (Lipinski definition) is 9. The molecule has 0 bridgehead atoms. The quantitative estimate of drug-likeness (QED) is 0.145. The summed E-state index contributed by atoms with van der Waals surface area (Å²) in [6, 6.07) is 0. The highest BCUT2D eigenvalue weighted by Crippen LogP contribution is 2.18. The molecule has 9 heteroatoms. The van der Waals surface area contributed by atoms with Crippen LogP contribution < -0.4 is 0 Å². The van der Waals surface area contributed by atoms with Crippen LogP contribution in [0, 0.1) is 11.8 Å². The number of carbonyl (C=O) groups excluding carboxylic acids is 1. The second-order valence-corrected chi connectivity index (χ2v) is 10.7. The van der Waals surface area contributed by atoms with E-state index in [1.54, 1.807) is 28.3 Å².